The molecule has 120 valence electrons. The first-order valence-electron chi connectivity index (χ1n) is 7.94. The highest BCUT2D eigenvalue weighted by molar-refractivity contribution is 5.98. The van der Waals surface area contributed by atoms with E-state index in [-0.39, 0.29) is 17.9 Å². The van der Waals surface area contributed by atoms with E-state index in [0.29, 0.717) is 18.4 Å². The quantitative estimate of drug-likeness (QED) is 0.913. The van der Waals surface area contributed by atoms with E-state index in [1.807, 2.05) is 31.2 Å². The average molecular weight is 312 g/mol. The van der Waals surface area contributed by atoms with Gasteiger partial charge < -0.3 is 10.4 Å². The number of aliphatic carboxylic acids is 1. The summed E-state index contributed by atoms with van der Waals surface area (Å²) in [5, 5.41) is 13.0. The third kappa shape index (κ3) is 3.50. The summed E-state index contributed by atoms with van der Waals surface area (Å²) in [6, 6.07) is 9.44. The zero-order chi connectivity index (χ0) is 16.4. The molecule has 0 atom stereocenters. The minimum Gasteiger partial charge on any atom is -0.481 e. The number of fused-ring (bicyclic) bond motifs is 1. The van der Waals surface area contributed by atoms with Gasteiger partial charge in [-0.25, -0.2) is 0 Å². The van der Waals surface area contributed by atoms with Gasteiger partial charge in [-0.2, -0.15) is 0 Å². The molecule has 0 spiro atoms. The third-order valence-corrected chi connectivity index (χ3v) is 4.50. The molecule has 2 N–H and O–H groups in total. The Morgan fingerprint density at radius 3 is 2.57 bits per heavy atom. The van der Waals surface area contributed by atoms with Gasteiger partial charge in [-0.1, -0.05) is 6.07 Å². The van der Waals surface area contributed by atoms with Crippen LogP contribution in [0.15, 0.2) is 30.3 Å². The molecule has 1 aromatic carbocycles. The van der Waals surface area contributed by atoms with Crippen molar-refractivity contribution in [2.45, 2.75) is 38.6 Å². The fraction of sp³-hybridized carbons (Fsp3) is 0.389. The molecular weight excluding hydrogens is 292 g/mol. The van der Waals surface area contributed by atoms with Gasteiger partial charge in [0.15, 0.2) is 0 Å². The second kappa shape index (κ2) is 6.36. The van der Waals surface area contributed by atoms with E-state index in [4.69, 9.17) is 5.11 Å². The molecule has 2 aromatic rings. The lowest BCUT2D eigenvalue weighted by Crippen LogP contribution is -2.38. The molecule has 0 saturated heterocycles. The van der Waals surface area contributed by atoms with Crippen molar-refractivity contribution in [3.05, 3.63) is 41.6 Å². The minimum atomic E-state index is -0.730. The number of benzene rings is 1. The Balaban J connectivity index is 1.67. The molecule has 5 nitrogen and oxygen atoms in total. The molecule has 1 fully saturated rings. The summed E-state index contributed by atoms with van der Waals surface area (Å²) in [6.07, 6.45) is 2.69. The number of aromatic nitrogens is 1. The molecule has 0 aliphatic heterocycles. The van der Waals surface area contributed by atoms with Gasteiger partial charge in [0, 0.05) is 22.7 Å². The van der Waals surface area contributed by atoms with E-state index in [0.717, 1.165) is 29.4 Å². The predicted octanol–water partition coefficient (Wildman–Crippen LogP) is 2.92. The van der Waals surface area contributed by atoms with Crippen molar-refractivity contribution in [2.75, 3.05) is 0 Å². The lowest BCUT2D eigenvalue weighted by atomic mass is 9.86. The fourth-order valence-corrected chi connectivity index (χ4v) is 3.12. The zero-order valence-electron chi connectivity index (χ0n) is 13.1. The molecule has 1 amide bonds. The first kappa shape index (κ1) is 15.5. The SMILES string of the molecule is Cc1ccc2cc(C(=O)NC3CCC(C(=O)O)CC3)ccc2n1. The second-order valence-electron chi connectivity index (χ2n) is 6.22. The highest BCUT2D eigenvalue weighted by atomic mass is 16.4. The van der Waals surface area contributed by atoms with Gasteiger partial charge in [-0.15, -0.1) is 0 Å². The highest BCUT2D eigenvalue weighted by Crippen LogP contribution is 2.25. The molecule has 0 radical (unpaired) electrons. The van der Waals surface area contributed by atoms with Gasteiger partial charge >= 0.3 is 5.97 Å². The fourth-order valence-electron chi connectivity index (χ4n) is 3.12. The van der Waals surface area contributed by atoms with Crippen LogP contribution in [0.5, 0.6) is 0 Å². The Labute approximate surface area is 134 Å². The maximum absolute atomic E-state index is 12.4. The van der Waals surface area contributed by atoms with Crippen LogP contribution in [0.4, 0.5) is 0 Å². The largest absolute Gasteiger partial charge is 0.481 e. The summed E-state index contributed by atoms with van der Waals surface area (Å²) in [5.74, 6) is -1.10. The molecule has 23 heavy (non-hydrogen) atoms. The van der Waals surface area contributed by atoms with E-state index < -0.39 is 5.97 Å². The molecule has 5 heteroatoms. The number of carbonyl (C=O) groups excluding carboxylic acids is 1. The van der Waals surface area contributed by atoms with Gasteiger partial charge in [0.25, 0.3) is 5.91 Å². The first-order valence-corrected chi connectivity index (χ1v) is 7.94. The number of nitrogens with one attached hydrogen (secondary N) is 1. The molecule has 0 bridgehead atoms. The minimum absolute atomic E-state index is 0.0601. The second-order valence-corrected chi connectivity index (χ2v) is 6.22. The number of pyridine rings is 1. The van der Waals surface area contributed by atoms with Gasteiger partial charge in [0.1, 0.15) is 0 Å². The number of rotatable bonds is 3. The number of nitrogens with zero attached hydrogens (tertiary/aromatic N) is 1. The van der Waals surface area contributed by atoms with Gasteiger partial charge in [-0.3, -0.25) is 14.6 Å². The first-order chi connectivity index (χ1) is 11.0. The maximum Gasteiger partial charge on any atom is 0.306 e. The lowest BCUT2D eigenvalue weighted by molar-refractivity contribution is -0.142. The molecule has 1 aromatic heterocycles. The summed E-state index contributed by atoms with van der Waals surface area (Å²) in [6.45, 7) is 1.94. The number of carboxylic acid groups (broad SMARTS) is 1. The monoisotopic (exact) mass is 312 g/mol. The Bertz CT molecular complexity index is 749. The van der Waals surface area contributed by atoms with Crippen LogP contribution in [0, 0.1) is 12.8 Å². The molecule has 1 aliphatic rings. The van der Waals surface area contributed by atoms with Crippen molar-refractivity contribution < 1.29 is 14.7 Å². The van der Waals surface area contributed by atoms with Crippen LogP contribution in [0.25, 0.3) is 10.9 Å². The summed E-state index contributed by atoms with van der Waals surface area (Å²) >= 11 is 0. The Kier molecular flexibility index (Phi) is 4.28. The van der Waals surface area contributed by atoms with Crippen molar-refractivity contribution in [1.29, 1.82) is 0 Å². The van der Waals surface area contributed by atoms with Crippen molar-refractivity contribution in [1.82, 2.24) is 10.3 Å². The van der Waals surface area contributed by atoms with Gasteiger partial charge in [0.05, 0.1) is 11.4 Å². The van der Waals surface area contributed by atoms with E-state index in [9.17, 15) is 9.59 Å². The number of carboxylic acids is 1. The van der Waals surface area contributed by atoms with E-state index in [1.54, 1.807) is 6.07 Å². The maximum atomic E-state index is 12.4. The molecule has 0 unspecified atom stereocenters. The average Bonchev–Trinajstić information content (AvgIpc) is 2.54. The molecule has 1 saturated carbocycles. The lowest BCUT2D eigenvalue weighted by Gasteiger charge is -2.26. The molecule has 3 rings (SSSR count). The van der Waals surface area contributed by atoms with Crippen molar-refractivity contribution in [3.63, 3.8) is 0 Å². The van der Waals surface area contributed by atoms with Crippen molar-refractivity contribution in [3.8, 4) is 0 Å². The summed E-state index contributed by atoms with van der Waals surface area (Å²) in [7, 11) is 0. The predicted molar refractivity (Wildman–Crippen MR) is 87.3 cm³/mol. The standard InChI is InChI=1S/C18H20N2O3/c1-11-2-3-13-10-14(6-9-16(13)19-11)17(21)20-15-7-4-12(5-8-15)18(22)23/h2-3,6,9-10,12,15H,4-5,7-8H2,1H3,(H,20,21)(H,22,23). The van der Waals surface area contributed by atoms with Crippen molar-refractivity contribution in [2.24, 2.45) is 5.92 Å². The molecular formula is C18H20N2O3. The van der Waals surface area contributed by atoms with Crippen LogP contribution >= 0.6 is 0 Å². The van der Waals surface area contributed by atoms with Crippen LogP contribution in [-0.4, -0.2) is 28.0 Å². The molecule has 1 heterocycles. The van der Waals surface area contributed by atoms with E-state index in [1.165, 1.54) is 0 Å². The number of amides is 1. The number of hydrogen-bond acceptors (Lipinski definition) is 3. The summed E-state index contributed by atoms with van der Waals surface area (Å²) < 4.78 is 0. The van der Waals surface area contributed by atoms with Crippen molar-refractivity contribution >= 4 is 22.8 Å². The van der Waals surface area contributed by atoms with Gasteiger partial charge in [-0.05, 0) is 56.9 Å². The van der Waals surface area contributed by atoms with E-state index >= 15 is 0 Å². The third-order valence-electron chi connectivity index (χ3n) is 4.50. The highest BCUT2D eigenvalue weighted by Gasteiger charge is 2.26. The molecule has 1 aliphatic carbocycles. The van der Waals surface area contributed by atoms with Crippen LogP contribution in [0.1, 0.15) is 41.7 Å². The smallest absolute Gasteiger partial charge is 0.306 e. The normalized spacial score (nSPS) is 21.1. The number of aryl methyl sites for hydroxylation is 1. The topological polar surface area (TPSA) is 79.3 Å². The van der Waals surface area contributed by atoms with Crippen LogP contribution in [-0.2, 0) is 4.79 Å². The Hall–Kier alpha value is -2.43. The van der Waals surface area contributed by atoms with Crippen LogP contribution in [0.3, 0.4) is 0 Å². The van der Waals surface area contributed by atoms with E-state index in [2.05, 4.69) is 10.3 Å². The van der Waals surface area contributed by atoms with Crippen LogP contribution in [0.2, 0.25) is 0 Å². The number of hydrogen-bond donors (Lipinski definition) is 2. The summed E-state index contributed by atoms with van der Waals surface area (Å²) in [4.78, 5) is 27.8. The Morgan fingerprint density at radius 1 is 1.13 bits per heavy atom. The van der Waals surface area contributed by atoms with Gasteiger partial charge in [0.2, 0.25) is 0 Å². The van der Waals surface area contributed by atoms with Crippen LogP contribution < -0.4 is 5.32 Å². The summed E-state index contributed by atoms with van der Waals surface area (Å²) in [5.41, 5.74) is 2.44. The Morgan fingerprint density at radius 2 is 1.87 bits per heavy atom. The zero-order valence-corrected chi connectivity index (χ0v) is 13.1. The number of carbonyl (C=O) groups is 2.